The first-order chi connectivity index (χ1) is 9.12. The molecule has 0 aliphatic heterocycles. The summed E-state index contributed by atoms with van der Waals surface area (Å²) in [5.74, 6) is 1.58. The Bertz CT molecular complexity index is 255. The highest BCUT2D eigenvalue weighted by atomic mass is 32.1. The molecule has 0 aromatic rings. The van der Waals surface area contributed by atoms with Gasteiger partial charge < -0.3 is 10.6 Å². The molecule has 0 saturated heterocycles. The Kier molecular flexibility index (Phi) is 7.74. The topological polar surface area (TPSA) is 24.1 Å². The third-order valence-corrected chi connectivity index (χ3v) is 4.85. The van der Waals surface area contributed by atoms with Crippen LogP contribution in [0.4, 0.5) is 0 Å². The van der Waals surface area contributed by atoms with E-state index in [4.69, 9.17) is 12.2 Å². The molecule has 2 N–H and O–H groups in total. The molecule has 1 aliphatic carbocycles. The van der Waals surface area contributed by atoms with Crippen LogP contribution in [0.2, 0.25) is 0 Å². The predicted octanol–water partition coefficient (Wildman–Crippen LogP) is 4.24. The fourth-order valence-electron chi connectivity index (χ4n) is 3.46. The van der Waals surface area contributed by atoms with Crippen LogP contribution in [0.25, 0.3) is 0 Å². The second-order valence-electron chi connectivity index (χ2n) is 6.10. The minimum Gasteiger partial charge on any atom is -0.360 e. The molecule has 3 unspecified atom stereocenters. The summed E-state index contributed by atoms with van der Waals surface area (Å²) < 4.78 is 0. The van der Waals surface area contributed by atoms with Crippen LogP contribution in [-0.2, 0) is 0 Å². The van der Waals surface area contributed by atoms with Gasteiger partial charge in [-0.05, 0) is 50.2 Å². The lowest BCUT2D eigenvalue weighted by atomic mass is 9.74. The van der Waals surface area contributed by atoms with Crippen molar-refractivity contribution < 1.29 is 0 Å². The minimum atomic E-state index is 0.480. The van der Waals surface area contributed by atoms with Gasteiger partial charge in [0.05, 0.1) is 0 Å². The summed E-state index contributed by atoms with van der Waals surface area (Å²) in [6.45, 7) is 9.06. The number of nitrogens with one attached hydrogen (secondary N) is 2. The van der Waals surface area contributed by atoms with Crippen molar-refractivity contribution >= 4 is 17.3 Å². The molecule has 0 radical (unpaired) electrons. The minimum absolute atomic E-state index is 0.480. The number of thiocarbonyl (C=S) groups is 1. The summed E-state index contributed by atoms with van der Waals surface area (Å²) in [5, 5.41) is 7.93. The van der Waals surface area contributed by atoms with Crippen LogP contribution in [0, 0.1) is 11.8 Å². The molecular formula is C16H32N2S. The van der Waals surface area contributed by atoms with E-state index in [1.165, 1.54) is 44.9 Å². The number of hydrogen-bond acceptors (Lipinski definition) is 1. The van der Waals surface area contributed by atoms with Crippen molar-refractivity contribution in [2.24, 2.45) is 11.8 Å². The molecule has 1 fully saturated rings. The van der Waals surface area contributed by atoms with Gasteiger partial charge in [0.2, 0.25) is 0 Å². The molecular weight excluding hydrogens is 252 g/mol. The second kappa shape index (κ2) is 8.78. The normalized spacial score (nSPS) is 28.7. The van der Waals surface area contributed by atoms with Crippen molar-refractivity contribution in [1.82, 2.24) is 10.6 Å². The maximum atomic E-state index is 5.50. The Labute approximate surface area is 125 Å². The zero-order chi connectivity index (χ0) is 14.3. The van der Waals surface area contributed by atoms with Crippen molar-refractivity contribution in [2.75, 3.05) is 0 Å². The van der Waals surface area contributed by atoms with Gasteiger partial charge in [0.25, 0.3) is 0 Å². The maximum absolute atomic E-state index is 5.50. The SMILES string of the molecule is CCCC(C)NC(=S)NC1C(CC)CCCC1CC. The van der Waals surface area contributed by atoms with E-state index in [9.17, 15) is 0 Å². The molecule has 3 heteroatoms. The molecule has 1 aliphatic rings. The van der Waals surface area contributed by atoms with Gasteiger partial charge in [-0.25, -0.2) is 0 Å². The van der Waals surface area contributed by atoms with Crippen LogP contribution in [0.3, 0.4) is 0 Å². The third kappa shape index (κ3) is 5.29. The van der Waals surface area contributed by atoms with Gasteiger partial charge in [-0.15, -0.1) is 0 Å². The lowest BCUT2D eigenvalue weighted by Crippen LogP contribution is -2.52. The number of rotatable bonds is 6. The van der Waals surface area contributed by atoms with Crippen LogP contribution < -0.4 is 10.6 Å². The van der Waals surface area contributed by atoms with E-state index in [1.54, 1.807) is 0 Å². The fraction of sp³-hybridized carbons (Fsp3) is 0.938. The summed E-state index contributed by atoms with van der Waals surface area (Å²) in [7, 11) is 0. The standard InChI is InChI=1S/C16H32N2S/c1-5-9-12(4)17-16(19)18-15-13(6-2)10-8-11-14(15)7-3/h12-15H,5-11H2,1-4H3,(H2,17,18,19). The van der Waals surface area contributed by atoms with Crippen LogP contribution in [0.5, 0.6) is 0 Å². The second-order valence-corrected chi connectivity index (χ2v) is 6.51. The van der Waals surface area contributed by atoms with Gasteiger partial charge in [0, 0.05) is 12.1 Å². The van der Waals surface area contributed by atoms with Crippen molar-refractivity contribution in [3.05, 3.63) is 0 Å². The molecule has 1 rings (SSSR count). The van der Waals surface area contributed by atoms with Gasteiger partial charge in [-0.2, -0.15) is 0 Å². The quantitative estimate of drug-likeness (QED) is 0.713. The fourth-order valence-corrected chi connectivity index (χ4v) is 3.80. The average Bonchev–Trinajstić information content (AvgIpc) is 2.39. The van der Waals surface area contributed by atoms with E-state index in [0.29, 0.717) is 12.1 Å². The van der Waals surface area contributed by atoms with E-state index >= 15 is 0 Å². The summed E-state index contributed by atoms with van der Waals surface area (Å²) in [6, 6.07) is 1.06. The monoisotopic (exact) mass is 284 g/mol. The van der Waals surface area contributed by atoms with Gasteiger partial charge >= 0.3 is 0 Å². The Hall–Kier alpha value is -0.310. The largest absolute Gasteiger partial charge is 0.360 e. The lowest BCUT2D eigenvalue weighted by molar-refractivity contribution is 0.192. The highest BCUT2D eigenvalue weighted by molar-refractivity contribution is 7.80. The van der Waals surface area contributed by atoms with E-state index in [1.807, 2.05) is 0 Å². The Morgan fingerprint density at radius 3 is 2.21 bits per heavy atom. The van der Waals surface area contributed by atoms with Crippen molar-refractivity contribution in [1.29, 1.82) is 0 Å². The molecule has 0 bridgehead atoms. The number of hydrogen-bond donors (Lipinski definition) is 2. The van der Waals surface area contributed by atoms with Crippen LogP contribution >= 0.6 is 12.2 Å². The van der Waals surface area contributed by atoms with E-state index in [0.717, 1.165) is 16.9 Å². The molecule has 1 saturated carbocycles. The zero-order valence-corrected chi connectivity index (χ0v) is 14.0. The molecule has 2 nitrogen and oxygen atoms in total. The average molecular weight is 285 g/mol. The molecule has 0 spiro atoms. The van der Waals surface area contributed by atoms with E-state index in [2.05, 4.69) is 38.3 Å². The lowest BCUT2D eigenvalue weighted by Gasteiger charge is -2.39. The Morgan fingerprint density at radius 2 is 1.74 bits per heavy atom. The first-order valence-electron chi connectivity index (χ1n) is 8.19. The van der Waals surface area contributed by atoms with E-state index < -0.39 is 0 Å². The maximum Gasteiger partial charge on any atom is 0.166 e. The Balaban J connectivity index is 2.52. The zero-order valence-electron chi connectivity index (χ0n) is 13.2. The van der Waals surface area contributed by atoms with Crippen molar-refractivity contribution in [2.45, 2.75) is 84.7 Å². The highest BCUT2D eigenvalue weighted by Gasteiger charge is 2.31. The predicted molar refractivity (Wildman–Crippen MR) is 88.4 cm³/mol. The first kappa shape index (κ1) is 16.7. The molecule has 3 atom stereocenters. The third-order valence-electron chi connectivity index (χ3n) is 4.61. The van der Waals surface area contributed by atoms with Gasteiger partial charge in [0.1, 0.15) is 0 Å². The van der Waals surface area contributed by atoms with Crippen molar-refractivity contribution in [3.8, 4) is 0 Å². The Morgan fingerprint density at radius 1 is 1.16 bits per heavy atom. The van der Waals surface area contributed by atoms with Crippen LogP contribution in [-0.4, -0.2) is 17.2 Å². The summed E-state index contributed by atoms with van der Waals surface area (Å²) >= 11 is 5.50. The molecule has 0 heterocycles. The van der Waals surface area contributed by atoms with E-state index in [-0.39, 0.29) is 0 Å². The van der Waals surface area contributed by atoms with Gasteiger partial charge in [-0.1, -0.05) is 46.5 Å². The highest BCUT2D eigenvalue weighted by Crippen LogP contribution is 2.33. The molecule has 0 aromatic heterocycles. The first-order valence-corrected chi connectivity index (χ1v) is 8.60. The van der Waals surface area contributed by atoms with Gasteiger partial charge in [0.15, 0.2) is 5.11 Å². The molecule has 0 aromatic carbocycles. The van der Waals surface area contributed by atoms with Crippen molar-refractivity contribution in [3.63, 3.8) is 0 Å². The van der Waals surface area contributed by atoms with Crippen LogP contribution in [0.1, 0.15) is 72.6 Å². The summed E-state index contributed by atoms with van der Waals surface area (Å²) in [6.07, 6.45) is 9.02. The smallest absolute Gasteiger partial charge is 0.166 e. The summed E-state index contributed by atoms with van der Waals surface area (Å²) in [5.41, 5.74) is 0. The van der Waals surface area contributed by atoms with Crippen LogP contribution in [0.15, 0.2) is 0 Å². The molecule has 19 heavy (non-hydrogen) atoms. The molecule has 0 amide bonds. The summed E-state index contributed by atoms with van der Waals surface area (Å²) in [4.78, 5) is 0. The molecule has 112 valence electrons. The van der Waals surface area contributed by atoms with Gasteiger partial charge in [-0.3, -0.25) is 0 Å².